The van der Waals surface area contributed by atoms with Gasteiger partial charge in [0.25, 0.3) is 0 Å². The van der Waals surface area contributed by atoms with Gasteiger partial charge in [-0.2, -0.15) is 0 Å². The summed E-state index contributed by atoms with van der Waals surface area (Å²) in [5.74, 6) is 0.0898. The fourth-order valence-corrected chi connectivity index (χ4v) is 2.33. The zero-order valence-electron chi connectivity index (χ0n) is 9.50. The predicted octanol–water partition coefficient (Wildman–Crippen LogP) is 3.29. The van der Waals surface area contributed by atoms with Crippen molar-refractivity contribution < 1.29 is 19.0 Å². The van der Waals surface area contributed by atoms with Crippen molar-refractivity contribution in [2.45, 2.75) is 9.90 Å². The molecule has 1 aliphatic heterocycles. The van der Waals surface area contributed by atoms with E-state index in [1.165, 1.54) is 14.2 Å². The molecule has 0 aromatic heterocycles. The quantitative estimate of drug-likeness (QED) is 0.621. The highest BCUT2D eigenvalue weighted by Crippen LogP contribution is 2.50. The summed E-state index contributed by atoms with van der Waals surface area (Å²) in [4.78, 5) is 11.8. The van der Waals surface area contributed by atoms with Gasteiger partial charge in [0.1, 0.15) is 5.56 Å². The summed E-state index contributed by atoms with van der Waals surface area (Å²) in [7, 11) is 2.89. The summed E-state index contributed by atoms with van der Waals surface area (Å²) in [6.07, 6.45) is -0.954. The summed E-state index contributed by atoms with van der Waals surface area (Å²) in [6, 6.07) is 3.25. The van der Waals surface area contributed by atoms with Gasteiger partial charge in [0.15, 0.2) is 17.6 Å². The molecule has 0 bridgehead atoms. The molecule has 0 spiro atoms. The van der Waals surface area contributed by atoms with Crippen molar-refractivity contribution in [3.05, 3.63) is 23.3 Å². The Kier molecular flexibility index (Phi) is 3.54. The number of esters is 1. The number of carbonyl (C=O) groups is 1. The Morgan fingerprint density at radius 3 is 2.39 bits per heavy atom. The smallest absolute Gasteiger partial charge is 0.343 e. The molecule has 1 aromatic carbocycles. The lowest BCUT2D eigenvalue weighted by molar-refractivity contribution is 0.0391. The van der Waals surface area contributed by atoms with E-state index in [4.69, 9.17) is 49.0 Å². The molecule has 0 saturated heterocycles. The molecule has 1 unspecified atom stereocenters. The molecule has 0 saturated carbocycles. The topological polar surface area (TPSA) is 44.8 Å². The molecule has 98 valence electrons. The van der Waals surface area contributed by atoms with E-state index in [2.05, 4.69) is 0 Å². The zero-order chi connectivity index (χ0) is 13.5. The van der Waals surface area contributed by atoms with Crippen LogP contribution in [0.1, 0.15) is 22.0 Å². The number of hydrogen-bond donors (Lipinski definition) is 0. The highest BCUT2D eigenvalue weighted by molar-refractivity contribution is 6.68. The summed E-state index contributed by atoms with van der Waals surface area (Å²) < 4.78 is 13.6. The third-order valence-electron chi connectivity index (χ3n) is 2.59. The fraction of sp³-hybridized carbons (Fsp3) is 0.364. The molecule has 2 rings (SSSR count). The number of cyclic esters (lactones) is 1. The molecule has 0 amide bonds. The summed E-state index contributed by atoms with van der Waals surface area (Å²) in [5, 5.41) is 0. The summed E-state index contributed by atoms with van der Waals surface area (Å²) >= 11 is 17.3. The SMILES string of the molecule is COc1ccc2c(c1OC)C(=O)OC2C(Cl)(Cl)Cl. The predicted molar refractivity (Wildman–Crippen MR) is 68.0 cm³/mol. The highest BCUT2D eigenvalue weighted by atomic mass is 35.6. The monoisotopic (exact) mass is 310 g/mol. The van der Waals surface area contributed by atoms with Crippen LogP contribution in [0.3, 0.4) is 0 Å². The number of carbonyl (C=O) groups excluding carboxylic acids is 1. The number of hydrogen-bond acceptors (Lipinski definition) is 4. The maximum Gasteiger partial charge on any atom is 0.343 e. The van der Waals surface area contributed by atoms with Crippen molar-refractivity contribution >= 4 is 40.8 Å². The van der Waals surface area contributed by atoms with E-state index >= 15 is 0 Å². The third-order valence-corrected chi connectivity index (χ3v) is 3.18. The number of alkyl halides is 3. The van der Waals surface area contributed by atoms with Crippen LogP contribution in [0.15, 0.2) is 12.1 Å². The Hall–Kier alpha value is -0.840. The second-order valence-electron chi connectivity index (χ2n) is 3.59. The van der Waals surface area contributed by atoms with Crippen molar-refractivity contribution in [3.8, 4) is 11.5 Å². The summed E-state index contributed by atoms with van der Waals surface area (Å²) in [6.45, 7) is 0. The van der Waals surface area contributed by atoms with Crippen molar-refractivity contribution in [2.75, 3.05) is 14.2 Å². The molecule has 1 aliphatic rings. The van der Waals surface area contributed by atoms with Crippen LogP contribution < -0.4 is 9.47 Å². The lowest BCUT2D eigenvalue weighted by Gasteiger charge is -2.19. The first-order chi connectivity index (χ1) is 8.40. The van der Waals surface area contributed by atoms with Crippen LogP contribution in [-0.4, -0.2) is 24.0 Å². The van der Waals surface area contributed by atoms with Gasteiger partial charge < -0.3 is 14.2 Å². The van der Waals surface area contributed by atoms with Gasteiger partial charge in [-0.25, -0.2) is 4.79 Å². The first-order valence-corrected chi connectivity index (χ1v) is 6.06. The summed E-state index contributed by atoms with van der Waals surface area (Å²) in [5.41, 5.74) is 0.700. The Labute approximate surface area is 119 Å². The normalized spacial score (nSPS) is 18.3. The van der Waals surface area contributed by atoms with E-state index in [1.54, 1.807) is 12.1 Å². The molecular weight excluding hydrogens is 302 g/mol. The van der Waals surface area contributed by atoms with Gasteiger partial charge in [-0.05, 0) is 6.07 Å². The average molecular weight is 312 g/mol. The standard InChI is InChI=1S/C11H9Cl3O4/c1-16-6-4-3-5-7(8(6)17-2)10(15)18-9(5)11(12,13)14/h3-4,9H,1-2H3. The molecule has 0 N–H and O–H groups in total. The van der Waals surface area contributed by atoms with E-state index in [0.717, 1.165) is 0 Å². The second-order valence-corrected chi connectivity index (χ2v) is 5.96. The highest BCUT2D eigenvalue weighted by Gasteiger charge is 2.46. The molecule has 0 aliphatic carbocycles. The van der Waals surface area contributed by atoms with Crippen molar-refractivity contribution in [1.82, 2.24) is 0 Å². The Balaban J connectivity index is 2.61. The third kappa shape index (κ3) is 2.09. The number of fused-ring (bicyclic) bond motifs is 1. The lowest BCUT2D eigenvalue weighted by Crippen LogP contribution is -2.16. The van der Waals surface area contributed by atoms with E-state index in [0.29, 0.717) is 11.3 Å². The van der Waals surface area contributed by atoms with Gasteiger partial charge in [-0.3, -0.25) is 0 Å². The molecule has 0 fully saturated rings. The fourth-order valence-electron chi connectivity index (χ4n) is 1.84. The van der Waals surface area contributed by atoms with Crippen molar-refractivity contribution in [1.29, 1.82) is 0 Å². The van der Waals surface area contributed by atoms with E-state index in [9.17, 15) is 4.79 Å². The molecule has 7 heteroatoms. The van der Waals surface area contributed by atoms with Gasteiger partial charge in [0.05, 0.1) is 14.2 Å². The average Bonchev–Trinajstić information content (AvgIpc) is 2.65. The Morgan fingerprint density at radius 2 is 1.89 bits per heavy atom. The minimum Gasteiger partial charge on any atom is -0.493 e. The molecule has 1 heterocycles. The zero-order valence-corrected chi connectivity index (χ0v) is 11.8. The molecule has 1 atom stereocenters. The van der Waals surface area contributed by atoms with Gasteiger partial charge in [0.2, 0.25) is 3.79 Å². The van der Waals surface area contributed by atoms with Crippen LogP contribution >= 0.6 is 34.8 Å². The second kappa shape index (κ2) is 4.68. The molecule has 18 heavy (non-hydrogen) atoms. The van der Waals surface area contributed by atoms with Crippen LogP contribution in [0.5, 0.6) is 11.5 Å². The minimum atomic E-state index is -1.74. The lowest BCUT2D eigenvalue weighted by atomic mass is 10.0. The Bertz CT molecular complexity index is 496. The minimum absolute atomic E-state index is 0.230. The van der Waals surface area contributed by atoms with Gasteiger partial charge in [0, 0.05) is 5.56 Å². The van der Waals surface area contributed by atoms with Crippen molar-refractivity contribution in [2.24, 2.45) is 0 Å². The number of ether oxygens (including phenoxy) is 3. The van der Waals surface area contributed by atoms with Crippen LogP contribution in [0, 0.1) is 0 Å². The first-order valence-electron chi connectivity index (χ1n) is 4.92. The van der Waals surface area contributed by atoms with Crippen LogP contribution in [0.2, 0.25) is 0 Å². The number of rotatable bonds is 2. The van der Waals surface area contributed by atoms with Crippen molar-refractivity contribution in [3.63, 3.8) is 0 Å². The molecule has 0 radical (unpaired) electrons. The maximum atomic E-state index is 11.8. The van der Waals surface area contributed by atoms with Crippen LogP contribution in [0.4, 0.5) is 0 Å². The van der Waals surface area contributed by atoms with Gasteiger partial charge >= 0.3 is 5.97 Å². The van der Waals surface area contributed by atoms with E-state index < -0.39 is 15.9 Å². The van der Waals surface area contributed by atoms with Gasteiger partial charge in [-0.15, -0.1) is 0 Å². The van der Waals surface area contributed by atoms with Gasteiger partial charge in [-0.1, -0.05) is 40.9 Å². The number of methoxy groups -OCH3 is 2. The van der Waals surface area contributed by atoms with Crippen LogP contribution in [-0.2, 0) is 4.74 Å². The largest absolute Gasteiger partial charge is 0.493 e. The molecule has 4 nitrogen and oxygen atoms in total. The Morgan fingerprint density at radius 1 is 1.22 bits per heavy atom. The number of benzene rings is 1. The first kappa shape index (κ1) is 13.6. The maximum absolute atomic E-state index is 11.8. The number of halogens is 3. The molecule has 1 aromatic rings. The van der Waals surface area contributed by atoms with Crippen LogP contribution in [0.25, 0.3) is 0 Å². The van der Waals surface area contributed by atoms with E-state index in [-0.39, 0.29) is 11.3 Å². The van der Waals surface area contributed by atoms with E-state index in [1.807, 2.05) is 0 Å². The molecular formula is C11H9Cl3O4.